The predicted octanol–water partition coefficient (Wildman–Crippen LogP) is 6.70. The second-order valence-electron chi connectivity index (χ2n) is 8.82. The first kappa shape index (κ1) is 28.8. The molecule has 194 valence electrons. The molecule has 1 atom stereocenters. The van der Waals surface area contributed by atoms with Crippen LogP contribution in [0.3, 0.4) is 0 Å². The number of hydrogen-bond acceptors (Lipinski definition) is 4. The van der Waals surface area contributed by atoms with Crippen LogP contribution in [0.5, 0.6) is 0 Å². The lowest BCUT2D eigenvalue weighted by Gasteiger charge is -2.29. The van der Waals surface area contributed by atoms with Gasteiger partial charge in [0.2, 0.25) is 0 Å². The Kier molecular flexibility index (Phi) is 10.8. The van der Waals surface area contributed by atoms with Gasteiger partial charge in [0.25, 0.3) is 5.91 Å². The SMILES string of the molecule is C/C=C\N(C)C(Nc1ccc(C(=O)NCCC)c(CC)c1)/C(C)=N/C=C(\C)c1ccc(C)c(F)c1F. The lowest BCUT2D eigenvalue weighted by molar-refractivity contribution is 0.0953. The number of carbonyl (C=O) groups is 1. The van der Waals surface area contributed by atoms with Gasteiger partial charge in [0.1, 0.15) is 6.17 Å². The van der Waals surface area contributed by atoms with Gasteiger partial charge in [-0.05, 0) is 81.6 Å². The third-order valence-electron chi connectivity index (χ3n) is 5.92. The van der Waals surface area contributed by atoms with Crippen LogP contribution in [0.25, 0.3) is 5.57 Å². The number of rotatable bonds is 11. The molecule has 0 bridgehead atoms. The predicted molar refractivity (Wildman–Crippen MR) is 146 cm³/mol. The molecule has 36 heavy (non-hydrogen) atoms. The first-order valence-corrected chi connectivity index (χ1v) is 12.3. The van der Waals surface area contributed by atoms with Crippen molar-refractivity contribution in [1.82, 2.24) is 10.2 Å². The van der Waals surface area contributed by atoms with Crippen LogP contribution in [0.2, 0.25) is 0 Å². The van der Waals surface area contributed by atoms with Crippen LogP contribution in [0.4, 0.5) is 14.5 Å². The Balaban J connectivity index is 2.36. The van der Waals surface area contributed by atoms with Crippen LogP contribution in [0, 0.1) is 18.6 Å². The highest BCUT2D eigenvalue weighted by atomic mass is 19.2. The lowest BCUT2D eigenvalue weighted by Crippen LogP contribution is -2.40. The molecule has 7 heteroatoms. The Labute approximate surface area is 214 Å². The molecule has 0 radical (unpaired) electrons. The molecule has 2 aromatic rings. The van der Waals surface area contributed by atoms with E-state index in [0.29, 0.717) is 24.1 Å². The number of halogens is 2. The van der Waals surface area contributed by atoms with Crippen LogP contribution in [0.1, 0.15) is 68.1 Å². The van der Waals surface area contributed by atoms with Crippen molar-refractivity contribution in [3.63, 3.8) is 0 Å². The smallest absolute Gasteiger partial charge is 0.251 e. The Morgan fingerprint density at radius 1 is 1.11 bits per heavy atom. The third-order valence-corrected chi connectivity index (χ3v) is 5.92. The number of benzene rings is 2. The van der Waals surface area contributed by atoms with Crippen LogP contribution in [-0.4, -0.2) is 36.3 Å². The number of allylic oxidation sites excluding steroid dienone is 2. The summed E-state index contributed by atoms with van der Waals surface area (Å²) in [5.41, 5.74) is 4.17. The zero-order valence-corrected chi connectivity index (χ0v) is 22.4. The molecule has 0 aliphatic heterocycles. The average Bonchev–Trinajstić information content (AvgIpc) is 2.87. The highest BCUT2D eigenvalue weighted by Crippen LogP contribution is 2.23. The summed E-state index contributed by atoms with van der Waals surface area (Å²) in [5.74, 6) is -1.78. The number of nitrogens with zero attached hydrogens (tertiary/aromatic N) is 2. The molecule has 0 saturated carbocycles. The van der Waals surface area contributed by atoms with E-state index in [2.05, 4.69) is 15.6 Å². The van der Waals surface area contributed by atoms with E-state index in [-0.39, 0.29) is 23.2 Å². The molecule has 2 N–H and O–H groups in total. The van der Waals surface area contributed by atoms with Gasteiger partial charge in [0.15, 0.2) is 11.6 Å². The van der Waals surface area contributed by atoms with E-state index < -0.39 is 11.6 Å². The quantitative estimate of drug-likeness (QED) is 0.269. The van der Waals surface area contributed by atoms with Crippen LogP contribution < -0.4 is 10.6 Å². The van der Waals surface area contributed by atoms with Gasteiger partial charge in [-0.25, -0.2) is 8.78 Å². The van der Waals surface area contributed by atoms with Gasteiger partial charge in [-0.15, -0.1) is 0 Å². The zero-order chi connectivity index (χ0) is 26.8. The highest BCUT2D eigenvalue weighted by Gasteiger charge is 2.18. The number of hydrogen-bond donors (Lipinski definition) is 2. The maximum Gasteiger partial charge on any atom is 0.251 e. The fourth-order valence-electron chi connectivity index (χ4n) is 3.80. The van der Waals surface area contributed by atoms with Crippen molar-refractivity contribution in [2.75, 3.05) is 18.9 Å². The molecule has 0 heterocycles. The normalized spacial score (nSPS) is 13.1. The molecule has 5 nitrogen and oxygen atoms in total. The molecule has 0 saturated heterocycles. The van der Waals surface area contributed by atoms with Crippen molar-refractivity contribution in [2.45, 2.75) is 60.5 Å². The molecule has 0 fully saturated rings. The summed E-state index contributed by atoms with van der Waals surface area (Å²) in [6, 6.07) is 8.83. The molecule has 0 aromatic heterocycles. The molecule has 2 aromatic carbocycles. The van der Waals surface area contributed by atoms with E-state index in [1.165, 1.54) is 6.92 Å². The molecular formula is C29H38F2N4O. The largest absolute Gasteiger partial charge is 0.360 e. The molecular weight excluding hydrogens is 458 g/mol. The van der Waals surface area contributed by atoms with E-state index >= 15 is 0 Å². The minimum atomic E-state index is -0.868. The monoisotopic (exact) mass is 496 g/mol. The summed E-state index contributed by atoms with van der Waals surface area (Å²) in [5, 5.41) is 6.42. The van der Waals surface area contributed by atoms with Crippen molar-refractivity contribution in [3.05, 3.63) is 82.7 Å². The van der Waals surface area contributed by atoms with Crippen molar-refractivity contribution in [3.8, 4) is 0 Å². The van der Waals surface area contributed by atoms with E-state index in [9.17, 15) is 13.6 Å². The topological polar surface area (TPSA) is 56.7 Å². The van der Waals surface area contributed by atoms with Crippen molar-refractivity contribution >= 4 is 22.9 Å². The fourth-order valence-corrected chi connectivity index (χ4v) is 3.80. The minimum Gasteiger partial charge on any atom is -0.360 e. The van der Waals surface area contributed by atoms with Gasteiger partial charge < -0.3 is 15.5 Å². The fraction of sp³-hybridized carbons (Fsp3) is 0.379. The maximum atomic E-state index is 14.4. The molecule has 1 unspecified atom stereocenters. The van der Waals surface area contributed by atoms with Crippen LogP contribution >= 0.6 is 0 Å². The highest BCUT2D eigenvalue weighted by molar-refractivity contribution is 5.96. The van der Waals surface area contributed by atoms with E-state index in [0.717, 1.165) is 23.4 Å². The summed E-state index contributed by atoms with van der Waals surface area (Å²) in [4.78, 5) is 19.1. The number of nitrogens with one attached hydrogen (secondary N) is 2. The Hall–Kier alpha value is -3.48. The summed E-state index contributed by atoms with van der Waals surface area (Å²) in [7, 11) is 1.93. The van der Waals surface area contributed by atoms with Gasteiger partial charge in [0.05, 0.1) is 5.71 Å². The van der Waals surface area contributed by atoms with Crippen molar-refractivity contribution in [1.29, 1.82) is 0 Å². The van der Waals surface area contributed by atoms with Gasteiger partial charge in [-0.3, -0.25) is 9.79 Å². The van der Waals surface area contributed by atoms with Gasteiger partial charge in [-0.1, -0.05) is 32.1 Å². The Bertz CT molecular complexity index is 1150. The van der Waals surface area contributed by atoms with E-state index in [1.807, 2.05) is 70.1 Å². The number of aryl methyl sites for hydroxylation is 2. The van der Waals surface area contributed by atoms with Crippen LogP contribution in [-0.2, 0) is 6.42 Å². The summed E-state index contributed by atoms with van der Waals surface area (Å²) in [6.45, 7) is 11.7. The number of anilines is 1. The molecule has 0 aliphatic rings. The summed E-state index contributed by atoms with van der Waals surface area (Å²) < 4.78 is 28.4. The van der Waals surface area contributed by atoms with Gasteiger partial charge >= 0.3 is 0 Å². The second kappa shape index (κ2) is 13.6. The first-order chi connectivity index (χ1) is 17.1. The van der Waals surface area contributed by atoms with Crippen LogP contribution in [0.15, 0.2) is 53.8 Å². The average molecular weight is 497 g/mol. The first-order valence-electron chi connectivity index (χ1n) is 12.3. The Morgan fingerprint density at radius 2 is 1.81 bits per heavy atom. The number of carbonyl (C=O) groups excluding carboxylic acids is 1. The van der Waals surface area contributed by atoms with Gasteiger partial charge in [-0.2, -0.15) is 0 Å². The summed E-state index contributed by atoms with van der Waals surface area (Å²) >= 11 is 0. The zero-order valence-electron chi connectivity index (χ0n) is 22.4. The summed E-state index contributed by atoms with van der Waals surface area (Å²) in [6.07, 6.45) is 6.69. The lowest BCUT2D eigenvalue weighted by atomic mass is 10.0. The number of aliphatic imine (C=N–C) groups is 1. The molecule has 0 aliphatic carbocycles. The molecule has 0 spiro atoms. The maximum absolute atomic E-state index is 14.4. The standard InChI is InChI=1S/C29H38F2N4O/c1-8-15-32-29(36)25-14-12-23(17-22(25)10-3)34-28(35(7)16-9-2)21(6)33-18-20(5)24-13-11-19(4)26(30)27(24)31/h9,11-14,16-18,28,34H,8,10,15H2,1-7H3,(H,32,36)/b16-9-,20-18+,33-21+. The van der Waals surface area contributed by atoms with Crippen molar-refractivity contribution in [2.24, 2.45) is 4.99 Å². The third kappa shape index (κ3) is 7.26. The number of amides is 1. The van der Waals surface area contributed by atoms with Gasteiger partial charge in [0, 0.05) is 36.6 Å². The van der Waals surface area contributed by atoms with Crippen molar-refractivity contribution < 1.29 is 13.6 Å². The second-order valence-corrected chi connectivity index (χ2v) is 8.82. The van der Waals surface area contributed by atoms with E-state index in [1.54, 1.807) is 25.3 Å². The Morgan fingerprint density at radius 3 is 2.44 bits per heavy atom. The minimum absolute atomic E-state index is 0.0686. The van der Waals surface area contributed by atoms with E-state index in [4.69, 9.17) is 0 Å². The molecule has 2 rings (SSSR count). The molecule has 1 amide bonds.